The predicted molar refractivity (Wildman–Crippen MR) is 121 cm³/mol. The number of benzene rings is 2. The van der Waals surface area contributed by atoms with Crippen molar-refractivity contribution in [2.45, 2.75) is 28.6 Å². The molecule has 11 heteroatoms. The van der Waals surface area contributed by atoms with Gasteiger partial charge in [0.15, 0.2) is 11.7 Å². The fourth-order valence-electron chi connectivity index (χ4n) is 3.58. The molecule has 3 aromatic rings. The van der Waals surface area contributed by atoms with Crippen LogP contribution in [0, 0.1) is 0 Å². The molecule has 0 atom stereocenters. The van der Waals surface area contributed by atoms with Crippen molar-refractivity contribution < 1.29 is 26.0 Å². The van der Waals surface area contributed by atoms with Gasteiger partial charge in [-0.25, -0.2) is 21.8 Å². The van der Waals surface area contributed by atoms with Crippen LogP contribution in [0.3, 0.4) is 0 Å². The van der Waals surface area contributed by atoms with E-state index in [9.17, 15) is 16.8 Å². The van der Waals surface area contributed by atoms with Crippen LogP contribution >= 0.6 is 0 Å². The number of morpholine rings is 1. The summed E-state index contributed by atoms with van der Waals surface area (Å²) in [6.07, 6.45) is 3.88. The van der Waals surface area contributed by atoms with Crippen molar-refractivity contribution in [1.29, 1.82) is 0 Å². The number of nitrogens with zero attached hydrogens (tertiary/aromatic N) is 2. The van der Waals surface area contributed by atoms with Crippen molar-refractivity contribution in [3.8, 4) is 11.3 Å². The van der Waals surface area contributed by atoms with E-state index in [4.69, 9.17) is 9.15 Å². The van der Waals surface area contributed by atoms with Gasteiger partial charge in [-0.1, -0.05) is 0 Å². The largest absolute Gasteiger partial charge is 0.440 e. The summed E-state index contributed by atoms with van der Waals surface area (Å²) in [6, 6.07) is 12.0. The molecule has 174 valence electrons. The predicted octanol–water partition coefficient (Wildman–Crippen LogP) is 3.04. The molecule has 0 radical (unpaired) electrons. The molecule has 0 amide bonds. The van der Waals surface area contributed by atoms with Crippen molar-refractivity contribution in [3.63, 3.8) is 0 Å². The molecule has 1 saturated carbocycles. The van der Waals surface area contributed by atoms with Crippen LogP contribution < -0.4 is 4.72 Å². The summed E-state index contributed by atoms with van der Waals surface area (Å²) in [4.78, 5) is 4.32. The number of hydrogen-bond acceptors (Lipinski definition) is 7. The molecule has 0 bridgehead atoms. The quantitative estimate of drug-likeness (QED) is 0.542. The van der Waals surface area contributed by atoms with Gasteiger partial charge in [0.2, 0.25) is 10.0 Å². The Morgan fingerprint density at radius 1 is 0.879 bits per heavy atom. The molecule has 2 heterocycles. The van der Waals surface area contributed by atoms with Gasteiger partial charge >= 0.3 is 0 Å². The minimum absolute atomic E-state index is 0.0307. The summed E-state index contributed by atoms with van der Waals surface area (Å²) in [5.41, 5.74) is 1.18. The normalized spacial score (nSPS) is 17.7. The second-order valence-corrected chi connectivity index (χ2v) is 11.6. The maximum Gasteiger partial charge on any atom is 0.261 e. The molecule has 1 N–H and O–H groups in total. The van der Waals surface area contributed by atoms with Gasteiger partial charge < -0.3 is 9.15 Å². The van der Waals surface area contributed by atoms with E-state index in [0.29, 0.717) is 30.6 Å². The van der Waals surface area contributed by atoms with Crippen molar-refractivity contribution in [1.82, 2.24) is 9.29 Å². The Morgan fingerprint density at radius 3 is 2.15 bits per heavy atom. The van der Waals surface area contributed by atoms with Crippen LogP contribution in [-0.4, -0.2) is 52.4 Å². The number of rotatable bonds is 7. The Balaban J connectivity index is 1.29. The lowest BCUT2D eigenvalue weighted by atomic mass is 10.2. The minimum atomic E-state index is -3.89. The van der Waals surface area contributed by atoms with Crippen LogP contribution in [-0.2, 0) is 24.8 Å². The van der Waals surface area contributed by atoms with Crippen LogP contribution in [0.25, 0.3) is 11.3 Å². The van der Waals surface area contributed by atoms with Gasteiger partial charge in [0.1, 0.15) is 0 Å². The van der Waals surface area contributed by atoms with Crippen molar-refractivity contribution in [3.05, 3.63) is 60.6 Å². The number of oxazole rings is 1. The molecule has 2 aromatic carbocycles. The van der Waals surface area contributed by atoms with Crippen molar-refractivity contribution >= 4 is 25.7 Å². The molecule has 1 saturated heterocycles. The number of hydrogen-bond donors (Lipinski definition) is 1. The highest BCUT2D eigenvalue weighted by Crippen LogP contribution is 2.40. The molecule has 5 rings (SSSR count). The Labute approximate surface area is 192 Å². The summed E-state index contributed by atoms with van der Waals surface area (Å²) in [7, 11) is -7.58. The lowest BCUT2D eigenvalue weighted by molar-refractivity contribution is 0.0730. The second kappa shape index (κ2) is 8.56. The minimum Gasteiger partial charge on any atom is -0.440 e. The van der Waals surface area contributed by atoms with Crippen LogP contribution in [0.15, 0.2) is 68.9 Å². The smallest absolute Gasteiger partial charge is 0.261 e. The van der Waals surface area contributed by atoms with Crippen LogP contribution in [0.2, 0.25) is 0 Å². The third kappa shape index (κ3) is 4.67. The first kappa shape index (κ1) is 22.1. The van der Waals surface area contributed by atoms with E-state index in [-0.39, 0.29) is 22.9 Å². The first-order valence-electron chi connectivity index (χ1n) is 10.6. The standard InChI is InChI=1S/C22H23N3O6S2/c26-32(27,19-7-9-20(10-8-19)33(28,29)25-11-13-30-14-12-25)24-18-5-3-16(4-6-18)21-15-23-22(31-21)17-1-2-17/h3-10,15,17,24H,1-2,11-14H2. The van der Waals surface area contributed by atoms with E-state index in [1.807, 2.05) is 0 Å². The molecule has 1 aromatic heterocycles. The van der Waals surface area contributed by atoms with Crippen LogP contribution in [0.4, 0.5) is 5.69 Å². The molecular formula is C22H23N3O6S2. The SMILES string of the molecule is O=S(=O)(Nc1ccc(-c2cnc(C3CC3)o2)cc1)c1ccc(S(=O)(=O)N2CCOCC2)cc1. The highest BCUT2D eigenvalue weighted by Gasteiger charge is 2.29. The summed E-state index contributed by atoms with van der Waals surface area (Å²) in [6.45, 7) is 1.23. The summed E-state index contributed by atoms with van der Waals surface area (Å²) in [5, 5.41) is 0. The van der Waals surface area contributed by atoms with E-state index in [0.717, 1.165) is 24.3 Å². The highest BCUT2D eigenvalue weighted by atomic mass is 32.2. The molecule has 2 fully saturated rings. The zero-order valence-corrected chi connectivity index (χ0v) is 19.3. The molecule has 0 spiro atoms. The van der Waals surface area contributed by atoms with Crippen LogP contribution in [0.1, 0.15) is 24.7 Å². The van der Waals surface area contributed by atoms with Gasteiger partial charge in [0.25, 0.3) is 10.0 Å². The first-order chi connectivity index (χ1) is 15.8. The molecule has 1 aliphatic heterocycles. The summed E-state index contributed by atoms with van der Waals surface area (Å²) in [5.74, 6) is 1.80. The summed E-state index contributed by atoms with van der Waals surface area (Å²) >= 11 is 0. The van der Waals surface area contributed by atoms with Crippen LogP contribution in [0.5, 0.6) is 0 Å². The molecule has 33 heavy (non-hydrogen) atoms. The number of aromatic nitrogens is 1. The monoisotopic (exact) mass is 489 g/mol. The molecule has 1 aliphatic carbocycles. The third-order valence-corrected chi connectivity index (χ3v) is 8.92. The number of sulfonamides is 2. The average molecular weight is 490 g/mol. The van der Waals surface area contributed by atoms with E-state index in [1.165, 1.54) is 28.6 Å². The van der Waals surface area contributed by atoms with E-state index in [2.05, 4.69) is 9.71 Å². The van der Waals surface area contributed by atoms with Gasteiger partial charge in [0.05, 0.1) is 29.2 Å². The Hall–Kier alpha value is -2.73. The van der Waals surface area contributed by atoms with Gasteiger partial charge in [-0.3, -0.25) is 4.72 Å². The van der Waals surface area contributed by atoms with E-state index >= 15 is 0 Å². The first-order valence-corrected chi connectivity index (χ1v) is 13.5. The highest BCUT2D eigenvalue weighted by molar-refractivity contribution is 7.92. The molecule has 9 nitrogen and oxygen atoms in total. The second-order valence-electron chi connectivity index (χ2n) is 8.01. The molecule has 2 aliphatic rings. The summed E-state index contributed by atoms with van der Waals surface area (Å²) < 4.78 is 65.8. The van der Waals surface area contributed by atoms with E-state index < -0.39 is 20.0 Å². The van der Waals surface area contributed by atoms with E-state index in [1.54, 1.807) is 30.5 Å². The topological polar surface area (TPSA) is 119 Å². The van der Waals surface area contributed by atoms with Gasteiger partial charge in [0, 0.05) is 30.3 Å². The molecular weight excluding hydrogens is 466 g/mol. The van der Waals surface area contributed by atoms with Gasteiger partial charge in [-0.15, -0.1) is 0 Å². The lowest BCUT2D eigenvalue weighted by Crippen LogP contribution is -2.40. The number of ether oxygens (including phenoxy) is 1. The fourth-order valence-corrected chi connectivity index (χ4v) is 6.05. The Bertz CT molecular complexity index is 1340. The zero-order chi connectivity index (χ0) is 23.1. The Morgan fingerprint density at radius 2 is 1.52 bits per heavy atom. The third-order valence-electron chi connectivity index (χ3n) is 5.61. The molecule has 0 unspecified atom stereocenters. The van der Waals surface area contributed by atoms with Gasteiger partial charge in [-0.2, -0.15) is 4.31 Å². The maximum atomic E-state index is 12.8. The maximum absolute atomic E-state index is 12.8. The lowest BCUT2D eigenvalue weighted by Gasteiger charge is -2.26. The number of nitrogens with one attached hydrogen (secondary N) is 1. The number of anilines is 1. The fraction of sp³-hybridized carbons (Fsp3) is 0.318. The van der Waals surface area contributed by atoms with Crippen molar-refractivity contribution in [2.24, 2.45) is 0 Å². The Kier molecular flexibility index (Phi) is 5.73. The zero-order valence-electron chi connectivity index (χ0n) is 17.7. The average Bonchev–Trinajstić information content (AvgIpc) is 3.56. The van der Waals surface area contributed by atoms with Gasteiger partial charge in [-0.05, 0) is 61.4 Å². The van der Waals surface area contributed by atoms with Crippen molar-refractivity contribution in [2.75, 3.05) is 31.0 Å².